The first-order valence-corrected chi connectivity index (χ1v) is 9.04. The van der Waals surface area contributed by atoms with Crippen LogP contribution < -0.4 is 5.32 Å². The third-order valence-electron chi connectivity index (χ3n) is 3.52. The van der Waals surface area contributed by atoms with Gasteiger partial charge < -0.3 is 14.8 Å². The topological polar surface area (TPSA) is 81.7 Å². The minimum absolute atomic E-state index is 0.143. The van der Waals surface area contributed by atoms with E-state index in [4.69, 9.17) is 21.1 Å². The number of rotatable bonds is 7. The van der Waals surface area contributed by atoms with Crippen molar-refractivity contribution in [2.45, 2.75) is 13.8 Å². The first-order chi connectivity index (χ1) is 13.4. The molecule has 0 radical (unpaired) electrons. The zero-order valence-corrected chi connectivity index (χ0v) is 16.3. The Morgan fingerprint density at radius 2 is 1.46 bits per heavy atom. The van der Waals surface area contributed by atoms with Gasteiger partial charge in [0, 0.05) is 16.8 Å². The van der Waals surface area contributed by atoms with Crippen LogP contribution in [0.5, 0.6) is 0 Å². The summed E-state index contributed by atoms with van der Waals surface area (Å²) in [5, 5.41) is 3.23. The molecule has 0 heterocycles. The molecule has 0 atom stereocenters. The summed E-state index contributed by atoms with van der Waals surface area (Å²) < 4.78 is 9.94. The van der Waals surface area contributed by atoms with Crippen molar-refractivity contribution < 1.29 is 23.9 Å². The second-order valence-corrected chi connectivity index (χ2v) is 6.05. The standard InChI is InChI=1S/C21H20ClNO5/c1-3-27-20(25)15-11-16(21(26)28-4-2)13-18(12-15)23-19(24)10-7-14-5-8-17(22)9-6-14/h5-13H,3-4H2,1-2H3,(H,23,24)/b10-7+. The van der Waals surface area contributed by atoms with Gasteiger partial charge in [-0.05, 0) is 55.8 Å². The molecule has 0 saturated carbocycles. The molecule has 0 unspecified atom stereocenters. The molecule has 2 rings (SSSR count). The van der Waals surface area contributed by atoms with Crippen LogP contribution in [0.1, 0.15) is 40.1 Å². The van der Waals surface area contributed by atoms with E-state index in [9.17, 15) is 14.4 Å². The van der Waals surface area contributed by atoms with Gasteiger partial charge in [0.05, 0.1) is 24.3 Å². The van der Waals surface area contributed by atoms with Crippen molar-refractivity contribution >= 4 is 41.2 Å². The third kappa shape index (κ3) is 6.25. The Labute approximate surface area is 168 Å². The van der Waals surface area contributed by atoms with Crippen molar-refractivity contribution in [1.29, 1.82) is 0 Å². The van der Waals surface area contributed by atoms with Gasteiger partial charge in [-0.1, -0.05) is 23.7 Å². The largest absolute Gasteiger partial charge is 0.462 e. The molecular formula is C21H20ClNO5. The fraction of sp³-hybridized carbons (Fsp3) is 0.190. The molecule has 0 saturated heterocycles. The molecular weight excluding hydrogens is 382 g/mol. The number of nitrogens with one attached hydrogen (secondary N) is 1. The van der Waals surface area contributed by atoms with Crippen LogP contribution in [0.2, 0.25) is 5.02 Å². The maximum Gasteiger partial charge on any atom is 0.338 e. The molecule has 0 aromatic heterocycles. The maximum atomic E-state index is 12.2. The van der Waals surface area contributed by atoms with Crippen molar-refractivity contribution in [1.82, 2.24) is 0 Å². The van der Waals surface area contributed by atoms with E-state index in [1.165, 1.54) is 24.3 Å². The normalized spacial score (nSPS) is 10.5. The highest BCUT2D eigenvalue weighted by atomic mass is 35.5. The lowest BCUT2D eigenvalue weighted by atomic mass is 10.1. The number of carbonyl (C=O) groups excluding carboxylic acids is 3. The van der Waals surface area contributed by atoms with Gasteiger partial charge in [-0.2, -0.15) is 0 Å². The van der Waals surface area contributed by atoms with Crippen LogP contribution in [-0.4, -0.2) is 31.1 Å². The van der Waals surface area contributed by atoms with E-state index in [1.807, 2.05) is 0 Å². The van der Waals surface area contributed by atoms with Crippen LogP contribution in [0, 0.1) is 0 Å². The lowest BCUT2D eigenvalue weighted by Gasteiger charge is -2.09. The van der Waals surface area contributed by atoms with Gasteiger partial charge in [0.15, 0.2) is 0 Å². The Balaban J connectivity index is 2.22. The number of esters is 2. The van der Waals surface area contributed by atoms with E-state index in [2.05, 4.69) is 5.32 Å². The Bertz CT molecular complexity index is 854. The molecule has 2 aromatic carbocycles. The average Bonchev–Trinajstić information content (AvgIpc) is 2.67. The summed E-state index contributed by atoms with van der Waals surface area (Å²) >= 11 is 5.83. The molecule has 0 aliphatic carbocycles. The van der Waals surface area contributed by atoms with E-state index in [-0.39, 0.29) is 30.0 Å². The number of halogens is 1. The van der Waals surface area contributed by atoms with Crippen LogP contribution >= 0.6 is 11.6 Å². The van der Waals surface area contributed by atoms with Gasteiger partial charge >= 0.3 is 11.9 Å². The first kappa shape index (κ1) is 21.2. The minimum atomic E-state index is -0.596. The van der Waals surface area contributed by atoms with Crippen LogP contribution in [0.15, 0.2) is 48.5 Å². The molecule has 0 aliphatic rings. The van der Waals surface area contributed by atoms with E-state index >= 15 is 0 Å². The summed E-state index contributed by atoms with van der Waals surface area (Å²) in [4.78, 5) is 36.3. The Kier molecular flexibility index (Phi) is 7.77. The fourth-order valence-electron chi connectivity index (χ4n) is 2.29. The summed E-state index contributed by atoms with van der Waals surface area (Å²) in [7, 11) is 0. The molecule has 1 amide bonds. The molecule has 1 N–H and O–H groups in total. The summed E-state index contributed by atoms with van der Waals surface area (Å²) in [5.74, 6) is -1.62. The third-order valence-corrected chi connectivity index (χ3v) is 3.77. The number of anilines is 1. The van der Waals surface area contributed by atoms with Gasteiger partial charge in [-0.15, -0.1) is 0 Å². The van der Waals surface area contributed by atoms with Crippen molar-refractivity contribution in [2.24, 2.45) is 0 Å². The van der Waals surface area contributed by atoms with Crippen molar-refractivity contribution in [2.75, 3.05) is 18.5 Å². The number of amides is 1. The fourth-order valence-corrected chi connectivity index (χ4v) is 2.42. The van der Waals surface area contributed by atoms with E-state index in [1.54, 1.807) is 44.2 Å². The molecule has 0 aliphatic heterocycles. The predicted molar refractivity (Wildman–Crippen MR) is 107 cm³/mol. The number of ether oxygens (including phenoxy) is 2. The van der Waals surface area contributed by atoms with Crippen LogP contribution in [0.25, 0.3) is 6.08 Å². The Morgan fingerprint density at radius 3 is 1.96 bits per heavy atom. The highest BCUT2D eigenvalue weighted by Gasteiger charge is 2.15. The van der Waals surface area contributed by atoms with Gasteiger partial charge in [0.25, 0.3) is 0 Å². The molecule has 2 aromatic rings. The first-order valence-electron chi connectivity index (χ1n) is 8.67. The van der Waals surface area contributed by atoms with Crippen molar-refractivity contribution in [3.63, 3.8) is 0 Å². The summed E-state index contributed by atoms with van der Waals surface area (Å²) in [6, 6.07) is 11.2. The quantitative estimate of drug-likeness (QED) is 0.551. The Hall–Kier alpha value is -3.12. The van der Waals surface area contributed by atoms with E-state index < -0.39 is 17.8 Å². The molecule has 0 bridgehead atoms. The summed E-state index contributed by atoms with van der Waals surface area (Å²) in [6.07, 6.45) is 2.96. The van der Waals surface area contributed by atoms with Crippen LogP contribution in [0.4, 0.5) is 5.69 Å². The SMILES string of the molecule is CCOC(=O)c1cc(NC(=O)/C=C/c2ccc(Cl)cc2)cc(C(=O)OCC)c1. The number of hydrogen-bond acceptors (Lipinski definition) is 5. The smallest absolute Gasteiger partial charge is 0.338 e. The summed E-state index contributed by atoms with van der Waals surface area (Å²) in [6.45, 7) is 3.73. The van der Waals surface area contributed by atoms with Gasteiger partial charge in [0.2, 0.25) is 5.91 Å². The van der Waals surface area contributed by atoms with E-state index in [0.717, 1.165) is 5.56 Å². The monoisotopic (exact) mass is 401 g/mol. The molecule has 7 heteroatoms. The average molecular weight is 402 g/mol. The summed E-state index contributed by atoms with van der Waals surface area (Å²) in [5.41, 5.74) is 1.36. The molecule has 0 fully saturated rings. The second kappa shape index (κ2) is 10.3. The second-order valence-electron chi connectivity index (χ2n) is 5.61. The van der Waals surface area contributed by atoms with E-state index in [0.29, 0.717) is 5.02 Å². The molecule has 0 spiro atoms. The Morgan fingerprint density at radius 1 is 0.929 bits per heavy atom. The van der Waals surface area contributed by atoms with Crippen molar-refractivity contribution in [3.8, 4) is 0 Å². The van der Waals surface area contributed by atoms with Crippen LogP contribution in [-0.2, 0) is 14.3 Å². The highest BCUT2D eigenvalue weighted by Crippen LogP contribution is 2.18. The zero-order chi connectivity index (χ0) is 20.5. The zero-order valence-electron chi connectivity index (χ0n) is 15.5. The van der Waals surface area contributed by atoms with Gasteiger partial charge in [-0.25, -0.2) is 9.59 Å². The van der Waals surface area contributed by atoms with Gasteiger partial charge in [0.1, 0.15) is 0 Å². The lowest BCUT2D eigenvalue weighted by Crippen LogP contribution is -2.13. The highest BCUT2D eigenvalue weighted by molar-refractivity contribution is 6.30. The number of benzene rings is 2. The lowest BCUT2D eigenvalue weighted by molar-refractivity contribution is -0.111. The predicted octanol–water partition coefficient (Wildman–Crippen LogP) is 4.35. The molecule has 146 valence electrons. The minimum Gasteiger partial charge on any atom is -0.462 e. The van der Waals surface area contributed by atoms with Crippen LogP contribution in [0.3, 0.4) is 0 Å². The number of carbonyl (C=O) groups is 3. The number of hydrogen-bond donors (Lipinski definition) is 1. The molecule has 28 heavy (non-hydrogen) atoms. The van der Waals surface area contributed by atoms with Crippen molar-refractivity contribution in [3.05, 3.63) is 70.3 Å². The van der Waals surface area contributed by atoms with Gasteiger partial charge in [-0.3, -0.25) is 4.79 Å². The molecule has 6 nitrogen and oxygen atoms in total. The maximum absolute atomic E-state index is 12.2.